The van der Waals surface area contributed by atoms with Crippen LogP contribution in [0.4, 0.5) is 11.4 Å². The van der Waals surface area contributed by atoms with Gasteiger partial charge >= 0.3 is 0 Å². The molecule has 0 amide bonds. The van der Waals surface area contributed by atoms with E-state index in [1.165, 1.54) is 0 Å². The number of para-hydroxylation sites is 2. The van der Waals surface area contributed by atoms with Crippen LogP contribution < -0.4 is 4.90 Å². The van der Waals surface area contributed by atoms with E-state index in [0.29, 0.717) is 62.8 Å². The van der Waals surface area contributed by atoms with Gasteiger partial charge in [0.1, 0.15) is 6.54 Å². The summed E-state index contributed by atoms with van der Waals surface area (Å²) >= 11 is 0. The maximum atomic E-state index is 14.7. The summed E-state index contributed by atoms with van der Waals surface area (Å²) in [5.74, 6) is -0.629. The molecule has 0 bridgehead atoms. The molecule has 0 saturated carbocycles. The zero-order valence-electron chi connectivity index (χ0n) is 33.1. The lowest BCUT2D eigenvalue weighted by Crippen LogP contribution is -2.28. The number of anilines is 1. The van der Waals surface area contributed by atoms with Crippen molar-refractivity contribution in [1.29, 1.82) is 0 Å². The Morgan fingerprint density at radius 3 is 1.98 bits per heavy atom. The normalized spacial score (nSPS) is 19.6. The van der Waals surface area contributed by atoms with Crippen LogP contribution in [0.3, 0.4) is 0 Å². The van der Waals surface area contributed by atoms with Crippen molar-refractivity contribution in [3.8, 4) is 0 Å². The van der Waals surface area contributed by atoms with Crippen molar-refractivity contribution in [2.75, 3.05) is 29.5 Å². The van der Waals surface area contributed by atoms with Crippen LogP contribution in [0.2, 0.25) is 0 Å². The van der Waals surface area contributed by atoms with Gasteiger partial charge < -0.3 is 4.90 Å². The van der Waals surface area contributed by atoms with E-state index in [2.05, 4.69) is 49.3 Å². The second-order valence-electron chi connectivity index (χ2n) is 16.1. The minimum absolute atomic E-state index is 0.210. The molecule has 0 atom stereocenters. The number of rotatable bonds is 15. The smallest absolute Gasteiger partial charge is 0.264 e. The molecule has 1 aliphatic carbocycles. The van der Waals surface area contributed by atoms with E-state index in [0.717, 1.165) is 40.3 Å². The molecule has 6 rings (SSSR count). The highest BCUT2D eigenvalue weighted by Crippen LogP contribution is 2.48. The molecular weight excluding hydrogens is 781 g/mol. The topological polar surface area (TPSA) is 149 Å². The highest BCUT2D eigenvalue weighted by molar-refractivity contribution is 7.95. The van der Waals surface area contributed by atoms with Gasteiger partial charge in [0.2, 0.25) is 15.5 Å². The third-order valence-corrected chi connectivity index (χ3v) is 14.9. The summed E-state index contributed by atoms with van der Waals surface area (Å²) in [6.45, 7) is 9.57. The molecule has 0 fully saturated rings. The Hall–Kier alpha value is -4.14. The molecule has 0 spiro atoms. The van der Waals surface area contributed by atoms with Crippen molar-refractivity contribution in [2.24, 2.45) is 0 Å². The van der Waals surface area contributed by atoms with E-state index in [1.807, 2.05) is 60.7 Å². The van der Waals surface area contributed by atoms with Crippen LogP contribution in [0.5, 0.6) is 0 Å². The molecule has 0 aromatic heterocycles. The first-order valence-corrected chi connectivity index (χ1v) is 24.2. The summed E-state index contributed by atoms with van der Waals surface area (Å²) in [5.41, 5.74) is 6.74. The predicted molar refractivity (Wildman–Crippen MR) is 227 cm³/mol. The van der Waals surface area contributed by atoms with Gasteiger partial charge in [0.05, 0.1) is 26.7 Å². The monoisotopic (exact) mass is 833 g/mol. The van der Waals surface area contributed by atoms with Crippen molar-refractivity contribution >= 4 is 47.2 Å². The van der Waals surface area contributed by atoms with Crippen LogP contribution in [0, 0.1) is 0 Å². The minimum atomic E-state index is -4.08. The first kappa shape index (κ1) is 42.5. The maximum Gasteiger partial charge on any atom is 0.264 e. The second kappa shape index (κ2) is 16.6. The third-order valence-electron chi connectivity index (χ3n) is 11.3. The van der Waals surface area contributed by atoms with E-state index in [-0.39, 0.29) is 21.3 Å². The Kier molecular flexibility index (Phi) is 12.4. The molecule has 10 nitrogen and oxygen atoms in total. The second-order valence-corrected chi connectivity index (χ2v) is 21.1. The Bertz CT molecular complexity index is 2510. The molecule has 57 heavy (non-hydrogen) atoms. The van der Waals surface area contributed by atoms with Gasteiger partial charge in [-0.25, -0.2) is 8.42 Å². The number of hydrogen-bond donors (Lipinski definition) is 2. The minimum Gasteiger partial charge on any atom is -0.344 e. The third kappa shape index (κ3) is 9.28. The van der Waals surface area contributed by atoms with Gasteiger partial charge in [-0.15, -0.1) is 0 Å². The van der Waals surface area contributed by atoms with E-state index in [9.17, 15) is 34.4 Å². The lowest BCUT2D eigenvalue weighted by Gasteiger charge is -2.27. The molecule has 0 radical (unpaired) electrons. The zero-order chi connectivity index (χ0) is 41.2. The number of sulfone groups is 1. The molecule has 3 aromatic carbocycles. The van der Waals surface area contributed by atoms with Crippen LogP contribution in [-0.4, -0.2) is 69.2 Å². The lowest BCUT2D eigenvalue weighted by molar-refractivity contribution is -0.438. The van der Waals surface area contributed by atoms with E-state index >= 15 is 0 Å². The van der Waals surface area contributed by atoms with Crippen molar-refractivity contribution in [3.63, 3.8) is 0 Å². The first-order chi connectivity index (χ1) is 26.8. The summed E-state index contributed by atoms with van der Waals surface area (Å²) in [4.78, 5) is 2.67. The van der Waals surface area contributed by atoms with Crippen LogP contribution in [0.25, 0.3) is 0 Å². The molecule has 0 saturated heterocycles. The Balaban J connectivity index is 1.45. The molecule has 2 heterocycles. The van der Waals surface area contributed by atoms with Gasteiger partial charge in [0.25, 0.3) is 20.2 Å². The van der Waals surface area contributed by atoms with Crippen LogP contribution >= 0.6 is 0 Å². The Labute approximate surface area is 338 Å². The van der Waals surface area contributed by atoms with Gasteiger partial charge in [0.15, 0.2) is 5.71 Å². The largest absolute Gasteiger partial charge is 0.344 e. The molecular formula is C44H53N2O8S3+. The molecule has 2 N–H and O–H groups in total. The molecule has 3 aromatic rings. The van der Waals surface area contributed by atoms with Crippen molar-refractivity contribution in [3.05, 3.63) is 136 Å². The molecule has 2 aliphatic heterocycles. The van der Waals surface area contributed by atoms with Gasteiger partial charge in [0, 0.05) is 47.5 Å². The Morgan fingerprint density at radius 2 is 1.30 bits per heavy atom. The average Bonchev–Trinajstić information content (AvgIpc) is 3.50. The average molecular weight is 834 g/mol. The number of hydrogen-bond acceptors (Lipinski definition) is 7. The van der Waals surface area contributed by atoms with Crippen LogP contribution in [-0.2, 0) is 40.9 Å². The molecule has 0 unspecified atom stereocenters. The number of allylic oxidation sites excluding steroid dienone is 7. The molecule has 3 aliphatic rings. The highest BCUT2D eigenvalue weighted by atomic mass is 32.2. The van der Waals surface area contributed by atoms with Crippen LogP contribution in [0.15, 0.2) is 130 Å². The van der Waals surface area contributed by atoms with Crippen molar-refractivity contribution in [1.82, 2.24) is 0 Å². The first-order valence-electron chi connectivity index (χ1n) is 19.5. The summed E-state index contributed by atoms with van der Waals surface area (Å²) < 4.78 is 96.1. The van der Waals surface area contributed by atoms with Crippen molar-refractivity contribution in [2.45, 2.75) is 88.4 Å². The fourth-order valence-corrected chi connectivity index (χ4v) is 11.4. The maximum absolute atomic E-state index is 14.7. The standard InChI is InChI=1S/C44H52N2O8S3/c1-43(2)36-21-8-10-23-38(36)45(29-12-14-31-55(47,48)49)40(43)27-25-33-17-16-18-34(42(33)57(53,54)35-19-6-5-7-20-35)26-28-41-44(3,4)37-22-9-11-24-39(37)46(41)30-13-15-32-56(50,51)52/h5-11,19-28H,12-18,29-32H2,1-4H3,(H-,47,48,49,50,51,52)/p+1. The quantitative estimate of drug-likeness (QED) is 0.0874. The van der Waals surface area contributed by atoms with Crippen molar-refractivity contribution < 1.29 is 38.9 Å². The van der Waals surface area contributed by atoms with Gasteiger partial charge in [-0.2, -0.15) is 21.4 Å². The SMILES string of the molecule is CC1(C)C(/C=C/C2=C(S(=O)(=O)c3ccccc3)C(=C/C=C3/N(CCCCS(=O)(=O)O)c4ccccc4C3(C)C)/CCC2)=[N+](CCCCS(=O)(=O)O)c2ccccc21. The van der Waals surface area contributed by atoms with Gasteiger partial charge in [-0.1, -0.05) is 80.6 Å². The number of fused-ring (bicyclic) bond motifs is 2. The van der Waals surface area contributed by atoms with Gasteiger partial charge in [-0.3, -0.25) is 9.11 Å². The summed E-state index contributed by atoms with van der Waals surface area (Å²) in [5, 5.41) is 0. The van der Waals surface area contributed by atoms with E-state index < -0.39 is 40.9 Å². The number of benzene rings is 3. The van der Waals surface area contributed by atoms with Gasteiger partial charge in [-0.05, 0) is 93.4 Å². The number of unbranched alkanes of at least 4 members (excludes halogenated alkanes) is 2. The molecule has 304 valence electrons. The fraction of sp³-hybridized carbons (Fsp3) is 0.386. The summed E-state index contributed by atoms with van der Waals surface area (Å²) in [7, 11) is -12.1. The Morgan fingerprint density at radius 1 is 0.684 bits per heavy atom. The zero-order valence-corrected chi connectivity index (χ0v) is 35.5. The predicted octanol–water partition coefficient (Wildman–Crippen LogP) is 8.48. The lowest BCUT2D eigenvalue weighted by atomic mass is 9.81. The number of nitrogens with zero attached hydrogens (tertiary/aromatic N) is 2. The van der Waals surface area contributed by atoms with Crippen LogP contribution in [0.1, 0.15) is 83.8 Å². The fourth-order valence-electron chi connectivity index (χ4n) is 8.51. The highest BCUT2D eigenvalue weighted by Gasteiger charge is 2.44. The summed E-state index contributed by atoms with van der Waals surface area (Å²) in [6, 6.07) is 24.7. The summed E-state index contributed by atoms with van der Waals surface area (Å²) in [6.07, 6.45) is 11.4. The van der Waals surface area contributed by atoms with E-state index in [1.54, 1.807) is 30.3 Å². The molecule has 13 heteroatoms. The van der Waals surface area contributed by atoms with E-state index in [4.69, 9.17) is 0 Å².